The van der Waals surface area contributed by atoms with Crippen LogP contribution in [0.4, 0.5) is 5.69 Å². The predicted octanol–water partition coefficient (Wildman–Crippen LogP) is 3.41. The fourth-order valence-corrected chi connectivity index (χ4v) is 1.61. The Labute approximate surface area is 109 Å². The summed E-state index contributed by atoms with van der Waals surface area (Å²) in [6.45, 7) is 0. The highest BCUT2D eigenvalue weighted by Crippen LogP contribution is 2.32. The van der Waals surface area contributed by atoms with Gasteiger partial charge >= 0.3 is 5.97 Å². The van der Waals surface area contributed by atoms with Crippen molar-refractivity contribution in [2.45, 2.75) is 0 Å². The number of hydrogen-bond acceptors (Lipinski definition) is 3. The lowest BCUT2D eigenvalue weighted by atomic mass is 10.2. The van der Waals surface area contributed by atoms with E-state index in [4.69, 9.17) is 27.2 Å². The van der Waals surface area contributed by atoms with Gasteiger partial charge in [-0.3, -0.25) is 0 Å². The summed E-state index contributed by atoms with van der Waals surface area (Å²) in [5, 5.41) is 9.40. The quantitative estimate of drug-likeness (QED) is 0.833. The second-order valence-corrected chi connectivity index (χ2v) is 4.00. The van der Waals surface area contributed by atoms with Gasteiger partial charge < -0.3 is 15.6 Å². The zero-order valence-corrected chi connectivity index (χ0v) is 10.0. The predicted molar refractivity (Wildman–Crippen MR) is 69.3 cm³/mol. The number of nitrogen functional groups attached to an aromatic ring is 1. The summed E-state index contributed by atoms with van der Waals surface area (Å²) in [6, 6.07) is 11.1. The standard InChI is InChI=1S/C13H10ClNO3/c14-10-6-5-8(15)7-12(10)18-11-4-2-1-3-9(11)13(16)17/h1-7H,15H2,(H,16,17). The Morgan fingerprint density at radius 2 is 1.89 bits per heavy atom. The number of halogens is 1. The first-order chi connectivity index (χ1) is 8.58. The summed E-state index contributed by atoms with van der Waals surface area (Å²) in [5.41, 5.74) is 6.18. The zero-order chi connectivity index (χ0) is 13.1. The van der Waals surface area contributed by atoms with Crippen molar-refractivity contribution in [1.29, 1.82) is 0 Å². The molecule has 0 saturated heterocycles. The third kappa shape index (κ3) is 2.55. The first-order valence-electron chi connectivity index (χ1n) is 5.13. The summed E-state index contributed by atoms with van der Waals surface area (Å²) in [5.74, 6) is -0.520. The SMILES string of the molecule is Nc1ccc(Cl)c(Oc2ccccc2C(=O)O)c1. The van der Waals surface area contributed by atoms with Crippen molar-refractivity contribution >= 4 is 23.3 Å². The first kappa shape index (κ1) is 12.3. The molecule has 4 nitrogen and oxygen atoms in total. The molecule has 2 aromatic carbocycles. The fourth-order valence-electron chi connectivity index (χ4n) is 1.45. The van der Waals surface area contributed by atoms with Crippen LogP contribution in [0.25, 0.3) is 0 Å². The average Bonchev–Trinajstić information content (AvgIpc) is 2.34. The lowest BCUT2D eigenvalue weighted by Gasteiger charge is -2.10. The molecular formula is C13H10ClNO3. The van der Waals surface area contributed by atoms with Crippen LogP contribution in [0.3, 0.4) is 0 Å². The Kier molecular flexibility index (Phi) is 3.39. The van der Waals surface area contributed by atoms with Crippen LogP contribution in [0.5, 0.6) is 11.5 Å². The number of carboxylic acid groups (broad SMARTS) is 1. The second-order valence-electron chi connectivity index (χ2n) is 3.59. The zero-order valence-electron chi connectivity index (χ0n) is 9.26. The van der Waals surface area contributed by atoms with Gasteiger partial charge in [0.1, 0.15) is 17.1 Å². The monoisotopic (exact) mass is 263 g/mol. The molecule has 0 radical (unpaired) electrons. The Balaban J connectivity index is 2.40. The van der Waals surface area contributed by atoms with Crippen LogP contribution >= 0.6 is 11.6 Å². The van der Waals surface area contributed by atoms with Crippen molar-refractivity contribution in [1.82, 2.24) is 0 Å². The molecule has 18 heavy (non-hydrogen) atoms. The van der Waals surface area contributed by atoms with Gasteiger partial charge in [-0.15, -0.1) is 0 Å². The third-order valence-electron chi connectivity index (χ3n) is 2.29. The topological polar surface area (TPSA) is 72.5 Å². The van der Waals surface area contributed by atoms with E-state index >= 15 is 0 Å². The van der Waals surface area contributed by atoms with E-state index in [1.165, 1.54) is 6.07 Å². The maximum Gasteiger partial charge on any atom is 0.339 e. The number of ether oxygens (including phenoxy) is 1. The summed E-state index contributed by atoms with van der Waals surface area (Å²) in [7, 11) is 0. The number of nitrogens with two attached hydrogens (primary N) is 1. The van der Waals surface area contributed by atoms with E-state index in [1.807, 2.05) is 0 Å². The average molecular weight is 264 g/mol. The number of hydrogen-bond donors (Lipinski definition) is 2. The third-order valence-corrected chi connectivity index (χ3v) is 2.60. The van der Waals surface area contributed by atoms with Gasteiger partial charge in [-0.2, -0.15) is 0 Å². The Bertz CT molecular complexity index is 599. The largest absolute Gasteiger partial charge is 0.478 e. The van der Waals surface area contributed by atoms with E-state index in [0.29, 0.717) is 16.5 Å². The molecule has 0 fully saturated rings. The molecule has 0 aromatic heterocycles. The van der Waals surface area contributed by atoms with Crippen molar-refractivity contribution in [3.8, 4) is 11.5 Å². The molecule has 0 bridgehead atoms. The second kappa shape index (κ2) is 4.98. The molecule has 0 heterocycles. The molecule has 2 aromatic rings. The fraction of sp³-hybridized carbons (Fsp3) is 0. The van der Waals surface area contributed by atoms with Gasteiger partial charge in [0.2, 0.25) is 0 Å². The molecule has 0 spiro atoms. The van der Waals surface area contributed by atoms with E-state index in [2.05, 4.69) is 0 Å². The van der Waals surface area contributed by atoms with Crippen LogP contribution in [0.2, 0.25) is 5.02 Å². The van der Waals surface area contributed by atoms with Gasteiger partial charge in [-0.25, -0.2) is 4.79 Å². The van der Waals surface area contributed by atoms with E-state index < -0.39 is 5.97 Å². The number of aromatic carboxylic acids is 1. The minimum atomic E-state index is -1.06. The van der Waals surface area contributed by atoms with Crippen LogP contribution in [0.1, 0.15) is 10.4 Å². The van der Waals surface area contributed by atoms with Crippen molar-refractivity contribution in [3.63, 3.8) is 0 Å². The van der Waals surface area contributed by atoms with E-state index in [0.717, 1.165) is 0 Å². The smallest absolute Gasteiger partial charge is 0.339 e. The lowest BCUT2D eigenvalue weighted by molar-refractivity contribution is 0.0694. The molecule has 0 aliphatic heterocycles. The number of rotatable bonds is 3. The molecule has 5 heteroatoms. The molecule has 2 rings (SSSR count). The van der Waals surface area contributed by atoms with Crippen LogP contribution in [-0.4, -0.2) is 11.1 Å². The molecule has 0 atom stereocenters. The first-order valence-corrected chi connectivity index (χ1v) is 5.51. The molecule has 0 aliphatic rings. The summed E-state index contributed by atoms with van der Waals surface area (Å²) in [4.78, 5) is 11.0. The van der Waals surface area contributed by atoms with Crippen LogP contribution in [-0.2, 0) is 0 Å². The van der Waals surface area contributed by atoms with Gasteiger partial charge in [0.25, 0.3) is 0 Å². The van der Waals surface area contributed by atoms with Crippen LogP contribution in [0.15, 0.2) is 42.5 Å². The highest BCUT2D eigenvalue weighted by molar-refractivity contribution is 6.32. The summed E-state index contributed by atoms with van der Waals surface area (Å²) in [6.07, 6.45) is 0. The van der Waals surface area contributed by atoms with Gasteiger partial charge in [0, 0.05) is 11.8 Å². The minimum absolute atomic E-state index is 0.0657. The summed E-state index contributed by atoms with van der Waals surface area (Å²) >= 11 is 5.95. The van der Waals surface area contributed by atoms with Gasteiger partial charge in [0.15, 0.2) is 0 Å². The number of carboxylic acids is 1. The van der Waals surface area contributed by atoms with Crippen LogP contribution < -0.4 is 10.5 Å². The molecular weight excluding hydrogens is 254 g/mol. The highest BCUT2D eigenvalue weighted by atomic mass is 35.5. The maximum atomic E-state index is 11.0. The van der Waals surface area contributed by atoms with Crippen molar-refractivity contribution in [2.75, 3.05) is 5.73 Å². The van der Waals surface area contributed by atoms with Gasteiger partial charge in [-0.1, -0.05) is 23.7 Å². The van der Waals surface area contributed by atoms with E-state index in [1.54, 1.807) is 36.4 Å². The Hall–Kier alpha value is -2.20. The van der Waals surface area contributed by atoms with E-state index in [-0.39, 0.29) is 11.3 Å². The summed E-state index contributed by atoms with van der Waals surface area (Å²) < 4.78 is 5.49. The van der Waals surface area contributed by atoms with Crippen molar-refractivity contribution in [2.24, 2.45) is 0 Å². The Morgan fingerprint density at radius 3 is 2.61 bits per heavy atom. The number of benzene rings is 2. The normalized spacial score (nSPS) is 10.1. The molecule has 0 unspecified atom stereocenters. The van der Waals surface area contributed by atoms with Gasteiger partial charge in [-0.05, 0) is 24.3 Å². The number of carbonyl (C=O) groups is 1. The van der Waals surface area contributed by atoms with E-state index in [9.17, 15) is 4.79 Å². The lowest BCUT2D eigenvalue weighted by Crippen LogP contribution is -2.00. The highest BCUT2D eigenvalue weighted by Gasteiger charge is 2.12. The maximum absolute atomic E-state index is 11.0. The Morgan fingerprint density at radius 1 is 1.17 bits per heavy atom. The minimum Gasteiger partial charge on any atom is -0.478 e. The molecule has 0 aliphatic carbocycles. The molecule has 3 N–H and O–H groups in total. The number of anilines is 1. The number of para-hydroxylation sites is 1. The molecule has 0 saturated carbocycles. The van der Waals surface area contributed by atoms with Crippen molar-refractivity contribution in [3.05, 3.63) is 53.1 Å². The molecule has 0 amide bonds. The molecule has 92 valence electrons. The van der Waals surface area contributed by atoms with Gasteiger partial charge in [0.05, 0.1) is 5.02 Å². The van der Waals surface area contributed by atoms with Crippen LogP contribution in [0, 0.1) is 0 Å². The van der Waals surface area contributed by atoms with Crippen molar-refractivity contribution < 1.29 is 14.6 Å².